The minimum atomic E-state index is -1.80. The predicted molar refractivity (Wildman–Crippen MR) is 382 cm³/mol. The lowest BCUT2D eigenvalue weighted by atomic mass is 9.97. The van der Waals surface area contributed by atoms with Crippen molar-refractivity contribution in [2.75, 3.05) is 19.8 Å². The highest BCUT2D eigenvalue weighted by molar-refractivity contribution is 5.76. The van der Waals surface area contributed by atoms with Crippen LogP contribution in [0.25, 0.3) is 0 Å². The maximum Gasteiger partial charge on any atom is 0.220 e. The highest BCUT2D eigenvalue weighted by atomic mass is 16.7. The first kappa shape index (κ1) is 85.7. The summed E-state index contributed by atoms with van der Waals surface area (Å²) in [5.41, 5.74) is 0. The van der Waals surface area contributed by atoms with Crippen LogP contribution in [0, 0.1) is 0 Å². The van der Waals surface area contributed by atoms with E-state index in [1.807, 2.05) is 6.08 Å². The first-order valence-electron chi connectivity index (χ1n) is 37.6. The third-order valence-electron chi connectivity index (χ3n) is 17.7. The molecule has 2 aliphatic rings. The lowest BCUT2D eigenvalue weighted by Crippen LogP contribution is -2.65. The molecule has 0 saturated carbocycles. The summed E-state index contributed by atoms with van der Waals surface area (Å²) in [4.78, 5) is 13.3. The van der Waals surface area contributed by atoms with E-state index in [4.69, 9.17) is 18.9 Å². The summed E-state index contributed by atoms with van der Waals surface area (Å²) in [5.74, 6) is -0.270. The molecule has 0 aromatic heterocycles. The number of nitrogens with one attached hydrogen (secondary N) is 1. The average Bonchev–Trinajstić information content (AvgIpc) is 0.854. The van der Waals surface area contributed by atoms with Crippen LogP contribution < -0.4 is 5.32 Å². The Labute approximate surface area is 566 Å². The van der Waals surface area contributed by atoms with Crippen LogP contribution in [0.2, 0.25) is 0 Å². The Morgan fingerprint density at radius 2 is 0.753 bits per heavy atom. The van der Waals surface area contributed by atoms with Crippen molar-refractivity contribution in [1.29, 1.82) is 0 Å². The van der Waals surface area contributed by atoms with E-state index in [2.05, 4.69) is 116 Å². The molecular weight excluding hydrogens is 1170 g/mol. The summed E-state index contributed by atoms with van der Waals surface area (Å²) in [6, 6.07) is -0.953. The van der Waals surface area contributed by atoms with Gasteiger partial charge in [0.05, 0.1) is 32.0 Å². The molecule has 0 radical (unpaired) electrons. The van der Waals surface area contributed by atoms with Crippen LogP contribution in [-0.4, -0.2) is 140 Å². The first-order chi connectivity index (χ1) is 45.6. The molecule has 0 aromatic carbocycles. The van der Waals surface area contributed by atoms with Gasteiger partial charge in [-0.05, 0) is 89.9 Å². The fourth-order valence-corrected chi connectivity index (χ4v) is 11.8. The molecule has 0 aromatic rings. The molecule has 14 nitrogen and oxygen atoms in total. The van der Waals surface area contributed by atoms with Crippen LogP contribution in [-0.2, 0) is 23.7 Å². The fraction of sp³-hybridized carbons (Fsp3) is 0.759. The number of ether oxygens (including phenoxy) is 4. The van der Waals surface area contributed by atoms with Gasteiger partial charge in [0.15, 0.2) is 12.6 Å². The molecule has 14 heteroatoms. The molecule has 2 aliphatic heterocycles. The second kappa shape index (κ2) is 62.2. The summed E-state index contributed by atoms with van der Waals surface area (Å²) in [5, 5.41) is 87.5. The van der Waals surface area contributed by atoms with E-state index in [1.165, 1.54) is 167 Å². The number of hydrogen-bond donors (Lipinski definition) is 9. The molecule has 2 rings (SSSR count). The Morgan fingerprint density at radius 3 is 1.18 bits per heavy atom. The third-order valence-corrected chi connectivity index (χ3v) is 17.7. The largest absolute Gasteiger partial charge is 0.394 e. The number of allylic oxidation sites excluding steroid dienone is 17. The van der Waals surface area contributed by atoms with Crippen molar-refractivity contribution in [3.05, 3.63) is 109 Å². The Morgan fingerprint density at radius 1 is 0.398 bits per heavy atom. The number of hydrogen-bond acceptors (Lipinski definition) is 13. The summed E-state index contributed by atoms with van der Waals surface area (Å²) >= 11 is 0. The van der Waals surface area contributed by atoms with E-state index in [-0.39, 0.29) is 18.9 Å². The molecule has 0 bridgehead atoms. The van der Waals surface area contributed by atoms with Crippen molar-refractivity contribution in [2.45, 2.75) is 364 Å². The maximum absolute atomic E-state index is 13.3. The molecule has 12 atom stereocenters. The molecule has 2 saturated heterocycles. The third kappa shape index (κ3) is 45.7. The van der Waals surface area contributed by atoms with Crippen molar-refractivity contribution in [1.82, 2.24) is 5.32 Å². The molecule has 536 valence electrons. The minimum absolute atomic E-state index is 0.244. The Balaban J connectivity index is 1.69. The molecule has 1 amide bonds. The van der Waals surface area contributed by atoms with Gasteiger partial charge in [-0.25, -0.2) is 0 Å². The highest BCUT2D eigenvalue weighted by Gasteiger charge is 2.51. The van der Waals surface area contributed by atoms with Crippen molar-refractivity contribution in [3.63, 3.8) is 0 Å². The number of unbranched alkanes of at least 4 members (excludes halogenated alkanes) is 32. The fourth-order valence-electron chi connectivity index (χ4n) is 11.8. The molecule has 9 N–H and O–H groups in total. The molecule has 0 aliphatic carbocycles. The monoisotopic (exact) mass is 1310 g/mol. The molecule has 12 unspecified atom stereocenters. The Kier molecular flexibility index (Phi) is 57.3. The smallest absolute Gasteiger partial charge is 0.220 e. The summed E-state index contributed by atoms with van der Waals surface area (Å²) in [7, 11) is 0. The van der Waals surface area contributed by atoms with Crippen LogP contribution >= 0.6 is 0 Å². The summed E-state index contributed by atoms with van der Waals surface area (Å²) in [6.07, 6.45) is 73.0. The van der Waals surface area contributed by atoms with Crippen LogP contribution in [0.3, 0.4) is 0 Å². The van der Waals surface area contributed by atoms with Crippen molar-refractivity contribution in [2.24, 2.45) is 0 Å². The Bertz CT molecular complexity index is 1980. The second-order valence-corrected chi connectivity index (χ2v) is 26.0. The quantitative estimate of drug-likeness (QED) is 0.0204. The number of amides is 1. The molecular formula is C79H137NO13. The lowest BCUT2D eigenvalue weighted by molar-refractivity contribution is -0.359. The molecule has 93 heavy (non-hydrogen) atoms. The van der Waals surface area contributed by atoms with Gasteiger partial charge in [-0.1, -0.05) is 303 Å². The van der Waals surface area contributed by atoms with Crippen LogP contribution in [0.5, 0.6) is 0 Å². The zero-order chi connectivity index (χ0) is 67.3. The van der Waals surface area contributed by atoms with Crippen molar-refractivity contribution >= 4 is 5.91 Å². The van der Waals surface area contributed by atoms with Gasteiger partial charge in [-0.2, -0.15) is 0 Å². The normalized spacial score (nSPS) is 23.2. The molecule has 2 heterocycles. The maximum atomic E-state index is 13.3. The number of aliphatic hydroxyl groups is 8. The van der Waals surface area contributed by atoms with Gasteiger partial charge < -0.3 is 65.1 Å². The Hall–Kier alpha value is -3.35. The van der Waals surface area contributed by atoms with Gasteiger partial charge in [0.25, 0.3) is 0 Å². The molecule has 0 spiro atoms. The zero-order valence-electron chi connectivity index (χ0n) is 58.5. The summed E-state index contributed by atoms with van der Waals surface area (Å²) in [6.45, 7) is 2.68. The van der Waals surface area contributed by atoms with E-state index in [1.54, 1.807) is 6.08 Å². The summed E-state index contributed by atoms with van der Waals surface area (Å²) < 4.78 is 22.9. The predicted octanol–water partition coefficient (Wildman–Crippen LogP) is 16.3. The van der Waals surface area contributed by atoms with Crippen molar-refractivity contribution in [3.8, 4) is 0 Å². The lowest BCUT2D eigenvalue weighted by Gasteiger charge is -2.46. The van der Waals surface area contributed by atoms with Crippen LogP contribution in [0.1, 0.15) is 290 Å². The first-order valence-corrected chi connectivity index (χ1v) is 37.6. The van der Waals surface area contributed by atoms with Gasteiger partial charge in [-0.3, -0.25) is 4.79 Å². The average molecular weight is 1310 g/mol. The highest BCUT2D eigenvalue weighted by Crippen LogP contribution is 2.30. The van der Waals surface area contributed by atoms with E-state index in [0.29, 0.717) is 12.8 Å². The minimum Gasteiger partial charge on any atom is -0.394 e. The van der Waals surface area contributed by atoms with E-state index in [0.717, 1.165) is 89.9 Å². The van der Waals surface area contributed by atoms with E-state index >= 15 is 0 Å². The topological polar surface area (TPSA) is 228 Å². The van der Waals surface area contributed by atoms with Gasteiger partial charge in [0, 0.05) is 6.42 Å². The number of aliphatic hydroxyl groups excluding tert-OH is 8. The standard InChI is InChI=1S/C79H137NO13/c1-3-5-7-9-11-13-15-17-19-21-23-25-27-29-31-32-33-34-35-37-38-40-42-44-46-48-50-52-54-56-58-60-62-68(83)67(66-90-78-76(89)74(87)77(70(65-82)92-78)93-79-75(88)73(86)72(85)69(64-81)91-79)80-71(84)63-61-59-57-55-53-51-49-47-45-43-41-39-36-30-28-26-24-22-20-18-16-14-12-10-8-6-4-2/h6,8,12,14,18,20,24,26,30,36,41,43,47,49,52,54,60,62,67-70,72-79,81-83,85-89H,3-5,7,9-11,13,15-17,19,21-23,25,27-29,31-35,37-40,42,44-46,48,50-51,53,55-59,61,63-66H2,1-2H3,(H,80,84)/b8-6-,14-12-,20-18-,26-24-,36-30-,43-41-,49-47-,54-52+,62-60+. The molecule has 2 fully saturated rings. The number of carbonyl (C=O) groups is 1. The van der Waals surface area contributed by atoms with Crippen LogP contribution in [0.4, 0.5) is 0 Å². The van der Waals surface area contributed by atoms with E-state index < -0.39 is 86.8 Å². The van der Waals surface area contributed by atoms with Crippen molar-refractivity contribution < 1.29 is 64.6 Å². The number of rotatable bonds is 61. The number of carbonyl (C=O) groups excluding carboxylic acids is 1. The van der Waals surface area contributed by atoms with E-state index in [9.17, 15) is 45.6 Å². The second-order valence-electron chi connectivity index (χ2n) is 26.0. The zero-order valence-corrected chi connectivity index (χ0v) is 58.5. The van der Waals surface area contributed by atoms with Crippen LogP contribution in [0.15, 0.2) is 109 Å². The SMILES string of the molecule is CC/C=C\C/C=C\C/C=C\C/C=C\C/C=C\C/C=C\C/C=C\CCCCCCCC(=O)NC(COC1OC(CO)C(OC2OC(CO)C(O)C(O)C2O)C(O)C1O)C(O)/C=C/CC/C=C/CCCCCCCCCCCCCCCCCCCCCCCCCCCC. The van der Waals surface area contributed by atoms with Gasteiger partial charge in [-0.15, -0.1) is 0 Å². The van der Waals surface area contributed by atoms with Gasteiger partial charge in [0.2, 0.25) is 5.91 Å². The van der Waals surface area contributed by atoms with Gasteiger partial charge >= 0.3 is 0 Å². The van der Waals surface area contributed by atoms with Gasteiger partial charge in [0.1, 0.15) is 48.8 Å².